The van der Waals surface area contributed by atoms with Crippen molar-refractivity contribution in [3.05, 3.63) is 23.2 Å². The van der Waals surface area contributed by atoms with Gasteiger partial charge in [-0.1, -0.05) is 11.6 Å². The minimum absolute atomic E-state index is 0.406. The molecule has 0 amide bonds. The van der Waals surface area contributed by atoms with E-state index in [2.05, 4.69) is 0 Å². The Bertz CT molecular complexity index is 314. The maximum absolute atomic E-state index is 10.8. The fourth-order valence-electron chi connectivity index (χ4n) is 0.747. The Hall–Kier alpha value is -0.250. The number of ether oxygens (including phenoxy) is 1. The molecular weight excluding hydrogens is 219 g/mol. The van der Waals surface area contributed by atoms with Crippen LogP contribution in [0.1, 0.15) is 0 Å². The highest BCUT2D eigenvalue weighted by atomic mass is 35.7. The minimum atomic E-state index is -1.52. The van der Waals surface area contributed by atoms with Gasteiger partial charge in [-0.2, -0.15) is 0 Å². The first-order valence-electron chi connectivity index (χ1n) is 3.06. The van der Waals surface area contributed by atoms with Crippen molar-refractivity contribution in [3.63, 3.8) is 0 Å². The summed E-state index contributed by atoms with van der Waals surface area (Å²) < 4.78 is 15.7. The molecule has 0 saturated carbocycles. The first kappa shape index (κ1) is 9.84. The van der Waals surface area contributed by atoms with Gasteiger partial charge in [-0.3, -0.25) is 0 Å². The monoisotopic (exact) mass is 224 g/mol. The number of benzene rings is 1. The van der Waals surface area contributed by atoms with Crippen molar-refractivity contribution in [1.29, 1.82) is 0 Å². The van der Waals surface area contributed by atoms with Gasteiger partial charge in [0.15, 0.2) is 0 Å². The summed E-state index contributed by atoms with van der Waals surface area (Å²) in [6.07, 6.45) is 0. The summed E-state index contributed by atoms with van der Waals surface area (Å²) in [6.45, 7) is 0. The molecule has 2 nitrogen and oxygen atoms in total. The Morgan fingerprint density at radius 2 is 2.17 bits per heavy atom. The molecule has 5 heteroatoms. The van der Waals surface area contributed by atoms with Crippen LogP contribution >= 0.6 is 22.3 Å². The Morgan fingerprint density at radius 1 is 1.50 bits per heavy atom. The van der Waals surface area contributed by atoms with Crippen LogP contribution in [0.25, 0.3) is 0 Å². The second-order valence-electron chi connectivity index (χ2n) is 2.02. The largest absolute Gasteiger partial charge is 0.495 e. The molecule has 0 aliphatic heterocycles. The van der Waals surface area contributed by atoms with E-state index < -0.39 is 10.0 Å². The van der Waals surface area contributed by atoms with Crippen LogP contribution in [-0.4, -0.2) is 11.3 Å². The predicted molar refractivity (Wildman–Crippen MR) is 50.3 cm³/mol. The number of methoxy groups -OCH3 is 1. The Labute approximate surface area is 82.4 Å². The second-order valence-corrected chi connectivity index (χ2v) is 4.19. The smallest absolute Gasteiger partial charge is 0.147 e. The van der Waals surface area contributed by atoms with Gasteiger partial charge in [-0.05, 0) is 28.9 Å². The maximum atomic E-state index is 10.8. The third kappa shape index (κ3) is 2.12. The van der Waals surface area contributed by atoms with Crippen LogP contribution in [0.2, 0.25) is 5.02 Å². The molecule has 1 aromatic carbocycles. The van der Waals surface area contributed by atoms with Crippen LogP contribution in [0.15, 0.2) is 23.1 Å². The van der Waals surface area contributed by atoms with E-state index in [4.69, 9.17) is 27.0 Å². The maximum Gasteiger partial charge on any atom is 0.147 e. The third-order valence-corrected chi connectivity index (χ3v) is 2.76. The average molecular weight is 225 g/mol. The lowest BCUT2D eigenvalue weighted by atomic mass is 10.3. The molecule has 0 heterocycles. The molecule has 0 fully saturated rings. The fraction of sp³-hybridized carbons (Fsp3) is 0.143. The highest BCUT2D eigenvalue weighted by Crippen LogP contribution is 2.26. The molecule has 1 unspecified atom stereocenters. The van der Waals surface area contributed by atoms with E-state index in [-0.39, 0.29) is 0 Å². The van der Waals surface area contributed by atoms with Gasteiger partial charge in [-0.25, -0.2) is 4.21 Å². The molecule has 0 aliphatic rings. The Balaban J connectivity index is 3.10. The Morgan fingerprint density at radius 3 is 2.58 bits per heavy atom. The quantitative estimate of drug-likeness (QED) is 0.723. The van der Waals surface area contributed by atoms with Crippen LogP contribution < -0.4 is 4.74 Å². The zero-order valence-electron chi connectivity index (χ0n) is 6.21. The Kier molecular flexibility index (Phi) is 3.38. The van der Waals surface area contributed by atoms with Crippen LogP contribution in [0.5, 0.6) is 5.75 Å². The summed E-state index contributed by atoms with van der Waals surface area (Å²) in [4.78, 5) is 0.475. The van der Waals surface area contributed by atoms with Crippen molar-refractivity contribution in [2.45, 2.75) is 4.90 Å². The second kappa shape index (κ2) is 4.12. The van der Waals surface area contributed by atoms with Gasteiger partial charge in [-0.15, -0.1) is 0 Å². The summed E-state index contributed by atoms with van der Waals surface area (Å²) in [7, 11) is 5.34. The predicted octanol–water partition coefficient (Wildman–Crippen LogP) is 2.61. The van der Waals surface area contributed by atoms with Crippen LogP contribution in [-0.2, 0) is 10.0 Å². The lowest BCUT2D eigenvalue weighted by Gasteiger charge is -2.02. The lowest BCUT2D eigenvalue weighted by molar-refractivity contribution is 0.414. The van der Waals surface area contributed by atoms with Crippen molar-refractivity contribution in [1.82, 2.24) is 0 Å². The number of rotatable bonds is 2. The normalized spacial score (nSPS) is 12.6. The van der Waals surface area contributed by atoms with Gasteiger partial charge < -0.3 is 4.74 Å². The van der Waals surface area contributed by atoms with Crippen molar-refractivity contribution < 1.29 is 8.95 Å². The SMILES string of the molecule is COc1ccc(S(=O)Cl)cc1Cl. The molecule has 0 spiro atoms. The zero-order chi connectivity index (χ0) is 9.14. The zero-order valence-corrected chi connectivity index (χ0v) is 8.54. The fourth-order valence-corrected chi connectivity index (χ4v) is 1.74. The van der Waals surface area contributed by atoms with Crippen LogP contribution in [0.4, 0.5) is 0 Å². The van der Waals surface area contributed by atoms with E-state index >= 15 is 0 Å². The van der Waals surface area contributed by atoms with Gasteiger partial charge in [0.05, 0.1) is 17.0 Å². The standard InChI is InChI=1S/C7H6Cl2O2S/c1-11-7-3-2-5(12(9)10)4-6(7)8/h2-4H,1H3. The number of halogens is 2. The lowest BCUT2D eigenvalue weighted by Crippen LogP contribution is -1.86. The van der Waals surface area contributed by atoms with Gasteiger partial charge in [0, 0.05) is 0 Å². The molecule has 12 heavy (non-hydrogen) atoms. The summed E-state index contributed by atoms with van der Waals surface area (Å²) in [6, 6.07) is 4.75. The first-order chi connectivity index (χ1) is 5.65. The topological polar surface area (TPSA) is 26.3 Å². The van der Waals surface area contributed by atoms with E-state index in [9.17, 15) is 4.21 Å². The van der Waals surface area contributed by atoms with Crippen molar-refractivity contribution in [2.75, 3.05) is 7.11 Å². The van der Waals surface area contributed by atoms with Crippen molar-refractivity contribution in [2.24, 2.45) is 0 Å². The van der Waals surface area contributed by atoms with E-state index in [1.807, 2.05) is 0 Å². The molecule has 1 rings (SSSR count). The third-order valence-electron chi connectivity index (χ3n) is 1.31. The molecule has 0 N–H and O–H groups in total. The highest BCUT2D eigenvalue weighted by molar-refractivity contribution is 8.08. The van der Waals surface area contributed by atoms with E-state index in [0.717, 1.165) is 0 Å². The summed E-state index contributed by atoms with van der Waals surface area (Å²) in [5.74, 6) is 0.544. The first-order valence-corrected chi connectivity index (χ1v) is 5.42. The van der Waals surface area contributed by atoms with E-state index in [1.54, 1.807) is 12.1 Å². The van der Waals surface area contributed by atoms with Crippen molar-refractivity contribution in [3.8, 4) is 5.75 Å². The summed E-state index contributed by atoms with van der Waals surface area (Å²) in [5.41, 5.74) is 0. The molecule has 0 saturated heterocycles. The molecular formula is C7H6Cl2O2S. The molecule has 66 valence electrons. The van der Waals surface area contributed by atoms with Crippen LogP contribution in [0.3, 0.4) is 0 Å². The molecule has 0 aliphatic carbocycles. The summed E-state index contributed by atoms with van der Waals surface area (Å²) >= 11 is 5.76. The number of hydrogen-bond acceptors (Lipinski definition) is 2. The van der Waals surface area contributed by atoms with Crippen molar-refractivity contribution >= 4 is 32.3 Å². The number of hydrogen-bond donors (Lipinski definition) is 0. The average Bonchev–Trinajstić information content (AvgIpc) is 2.04. The van der Waals surface area contributed by atoms with Gasteiger partial charge in [0.1, 0.15) is 15.8 Å². The summed E-state index contributed by atoms with van der Waals surface area (Å²) in [5, 5.41) is 0.406. The van der Waals surface area contributed by atoms with Gasteiger partial charge in [0.25, 0.3) is 0 Å². The molecule has 1 aromatic rings. The highest BCUT2D eigenvalue weighted by Gasteiger charge is 2.04. The molecule has 0 bridgehead atoms. The van der Waals surface area contributed by atoms with E-state index in [1.165, 1.54) is 13.2 Å². The minimum Gasteiger partial charge on any atom is -0.495 e. The van der Waals surface area contributed by atoms with E-state index in [0.29, 0.717) is 15.7 Å². The molecule has 0 radical (unpaired) electrons. The van der Waals surface area contributed by atoms with Crippen LogP contribution in [0, 0.1) is 0 Å². The molecule has 1 atom stereocenters. The molecule has 0 aromatic heterocycles. The van der Waals surface area contributed by atoms with Gasteiger partial charge >= 0.3 is 0 Å². The van der Waals surface area contributed by atoms with Gasteiger partial charge in [0.2, 0.25) is 0 Å².